The van der Waals surface area contributed by atoms with Gasteiger partial charge in [-0.05, 0) is 48.4 Å². The van der Waals surface area contributed by atoms with Gasteiger partial charge in [0.05, 0.1) is 16.7 Å². The quantitative estimate of drug-likeness (QED) is 0.554. The summed E-state index contributed by atoms with van der Waals surface area (Å²) in [5, 5.41) is 13.2. The second-order valence-electron chi connectivity index (χ2n) is 8.89. The highest BCUT2D eigenvalue weighted by molar-refractivity contribution is 7.16. The Kier molecular flexibility index (Phi) is 5.76. The van der Waals surface area contributed by atoms with E-state index in [9.17, 15) is 19.6 Å². The van der Waals surface area contributed by atoms with Gasteiger partial charge in [0.2, 0.25) is 5.91 Å². The van der Waals surface area contributed by atoms with E-state index in [4.69, 9.17) is 0 Å². The number of hydrogen-bond acceptors (Lipinski definition) is 5. The highest BCUT2D eigenvalue weighted by Gasteiger charge is 2.43. The highest BCUT2D eigenvalue weighted by Crippen LogP contribution is 2.39. The van der Waals surface area contributed by atoms with E-state index in [1.165, 1.54) is 11.3 Å². The SMILES string of the molecule is CC1CCc2c(sc(NC(=O)C(Cc3ccccc3)N3C(=O)c4ccccc4C3=O)c2C#N)C1. The lowest BCUT2D eigenvalue weighted by atomic mass is 9.88. The van der Waals surface area contributed by atoms with Crippen LogP contribution in [0.15, 0.2) is 54.6 Å². The highest BCUT2D eigenvalue weighted by atomic mass is 32.1. The number of rotatable bonds is 5. The first-order chi connectivity index (χ1) is 16.5. The minimum atomic E-state index is -1.04. The number of hydrogen-bond donors (Lipinski definition) is 1. The maximum Gasteiger partial charge on any atom is 0.262 e. The van der Waals surface area contributed by atoms with Crippen LogP contribution in [0.5, 0.6) is 0 Å². The predicted molar refractivity (Wildman–Crippen MR) is 130 cm³/mol. The Balaban J connectivity index is 1.50. The van der Waals surface area contributed by atoms with Crippen LogP contribution >= 0.6 is 11.3 Å². The van der Waals surface area contributed by atoms with E-state index < -0.39 is 23.8 Å². The molecule has 3 aromatic rings. The predicted octanol–water partition coefficient (Wildman–Crippen LogP) is 4.59. The zero-order chi connectivity index (χ0) is 23.8. The molecule has 0 saturated heterocycles. The van der Waals surface area contributed by atoms with Gasteiger partial charge in [-0.25, -0.2) is 0 Å². The van der Waals surface area contributed by atoms with E-state index in [2.05, 4.69) is 18.3 Å². The van der Waals surface area contributed by atoms with Crippen molar-refractivity contribution in [2.75, 3.05) is 5.32 Å². The van der Waals surface area contributed by atoms with Crippen LogP contribution in [0.4, 0.5) is 5.00 Å². The van der Waals surface area contributed by atoms with Crippen molar-refractivity contribution in [2.24, 2.45) is 5.92 Å². The van der Waals surface area contributed by atoms with Gasteiger partial charge in [0.25, 0.3) is 11.8 Å². The minimum Gasteiger partial charge on any atom is -0.315 e. The molecule has 1 N–H and O–H groups in total. The summed E-state index contributed by atoms with van der Waals surface area (Å²) >= 11 is 1.43. The van der Waals surface area contributed by atoms with Crippen LogP contribution in [-0.2, 0) is 24.1 Å². The van der Waals surface area contributed by atoms with Crippen LogP contribution in [0.1, 0.15) is 55.6 Å². The van der Waals surface area contributed by atoms with E-state index in [0.29, 0.717) is 27.6 Å². The second-order valence-corrected chi connectivity index (χ2v) is 9.99. The van der Waals surface area contributed by atoms with Gasteiger partial charge < -0.3 is 5.32 Å². The van der Waals surface area contributed by atoms with Crippen LogP contribution in [0.3, 0.4) is 0 Å². The van der Waals surface area contributed by atoms with Crippen LogP contribution in [0.25, 0.3) is 0 Å². The van der Waals surface area contributed by atoms with E-state index >= 15 is 0 Å². The van der Waals surface area contributed by atoms with Gasteiger partial charge in [0, 0.05) is 11.3 Å². The van der Waals surface area contributed by atoms with Gasteiger partial charge >= 0.3 is 0 Å². The van der Waals surface area contributed by atoms with Gasteiger partial charge in [-0.15, -0.1) is 11.3 Å². The number of carbonyl (C=O) groups excluding carboxylic acids is 3. The maximum absolute atomic E-state index is 13.6. The number of imide groups is 1. The number of nitrogens with one attached hydrogen (secondary N) is 1. The lowest BCUT2D eigenvalue weighted by molar-refractivity contribution is -0.119. The normalized spacial score (nSPS) is 17.6. The van der Waals surface area contributed by atoms with E-state index in [1.807, 2.05) is 30.3 Å². The van der Waals surface area contributed by atoms with Gasteiger partial charge in [0.1, 0.15) is 17.1 Å². The number of anilines is 1. The number of nitriles is 1. The Bertz CT molecular complexity index is 1300. The first kappa shape index (κ1) is 22.1. The molecule has 2 aliphatic rings. The number of carbonyl (C=O) groups is 3. The number of amides is 3. The lowest BCUT2D eigenvalue weighted by Crippen LogP contribution is -2.48. The number of benzene rings is 2. The van der Waals surface area contributed by atoms with Crippen molar-refractivity contribution in [1.82, 2.24) is 4.90 Å². The molecular formula is C27H23N3O3S. The van der Waals surface area contributed by atoms with Crippen LogP contribution in [-0.4, -0.2) is 28.7 Å². The van der Waals surface area contributed by atoms with Crippen molar-refractivity contribution >= 4 is 34.1 Å². The molecule has 0 radical (unpaired) electrons. The molecule has 2 aromatic carbocycles. The number of thiophene rings is 1. The van der Waals surface area contributed by atoms with Gasteiger partial charge in [-0.1, -0.05) is 49.4 Å². The summed E-state index contributed by atoms with van der Waals surface area (Å²) in [5.41, 5.74) is 2.95. The van der Waals surface area contributed by atoms with Crippen molar-refractivity contribution in [3.63, 3.8) is 0 Å². The monoisotopic (exact) mass is 469 g/mol. The molecule has 1 aromatic heterocycles. The van der Waals surface area contributed by atoms with Crippen molar-refractivity contribution in [3.05, 3.63) is 87.3 Å². The number of fused-ring (bicyclic) bond motifs is 2. The molecule has 0 bridgehead atoms. The van der Waals surface area contributed by atoms with Crippen LogP contribution in [0.2, 0.25) is 0 Å². The Morgan fingerprint density at radius 1 is 1.12 bits per heavy atom. The Morgan fingerprint density at radius 3 is 2.41 bits per heavy atom. The molecule has 2 unspecified atom stereocenters. The summed E-state index contributed by atoms with van der Waals surface area (Å²) in [6.45, 7) is 2.19. The summed E-state index contributed by atoms with van der Waals surface area (Å²) in [4.78, 5) is 42.2. The van der Waals surface area contributed by atoms with E-state index in [-0.39, 0.29) is 6.42 Å². The fourth-order valence-corrected chi connectivity index (χ4v) is 6.15. The molecule has 6 nitrogen and oxygen atoms in total. The lowest BCUT2D eigenvalue weighted by Gasteiger charge is -2.25. The first-order valence-electron chi connectivity index (χ1n) is 11.3. The Hall–Kier alpha value is -3.76. The zero-order valence-corrected chi connectivity index (χ0v) is 19.5. The molecule has 5 rings (SSSR count). The van der Waals surface area contributed by atoms with Gasteiger partial charge in [-0.2, -0.15) is 5.26 Å². The van der Waals surface area contributed by atoms with Crippen molar-refractivity contribution < 1.29 is 14.4 Å². The summed E-state index contributed by atoms with van der Waals surface area (Å²) < 4.78 is 0. The third kappa shape index (κ3) is 3.80. The largest absolute Gasteiger partial charge is 0.315 e. The molecule has 170 valence electrons. The van der Waals surface area contributed by atoms with Crippen molar-refractivity contribution in [3.8, 4) is 6.07 Å². The summed E-state index contributed by atoms with van der Waals surface area (Å²) in [6.07, 6.45) is 2.90. The summed E-state index contributed by atoms with van der Waals surface area (Å²) in [6, 6.07) is 17.2. The maximum atomic E-state index is 13.6. The third-order valence-electron chi connectivity index (χ3n) is 6.57. The fraction of sp³-hybridized carbons (Fsp3) is 0.259. The van der Waals surface area contributed by atoms with Crippen molar-refractivity contribution in [2.45, 2.75) is 38.6 Å². The first-order valence-corrected chi connectivity index (χ1v) is 12.2. The smallest absolute Gasteiger partial charge is 0.262 e. The summed E-state index contributed by atoms with van der Waals surface area (Å²) in [7, 11) is 0. The molecule has 0 spiro atoms. The molecule has 0 saturated carbocycles. The second kappa shape index (κ2) is 8.88. The summed E-state index contributed by atoms with van der Waals surface area (Å²) in [5.74, 6) is -0.889. The standard InChI is InChI=1S/C27H23N3O3S/c1-16-11-12-18-21(15-28)25(34-23(18)13-16)29-24(31)22(14-17-7-3-2-4-8-17)30-26(32)19-9-5-6-10-20(19)27(30)33/h2-10,16,22H,11-14H2,1H3,(H,29,31). The molecule has 34 heavy (non-hydrogen) atoms. The topological polar surface area (TPSA) is 90.3 Å². The number of nitrogens with zero attached hydrogens (tertiary/aromatic N) is 2. The third-order valence-corrected chi connectivity index (χ3v) is 7.74. The van der Waals surface area contributed by atoms with Crippen LogP contribution in [0, 0.1) is 17.2 Å². The molecule has 2 atom stereocenters. The molecule has 1 aliphatic carbocycles. The fourth-order valence-electron chi connectivity index (χ4n) is 4.78. The van der Waals surface area contributed by atoms with Gasteiger partial charge in [0.15, 0.2) is 0 Å². The molecular weight excluding hydrogens is 446 g/mol. The Labute approximate surface area is 201 Å². The average Bonchev–Trinajstić information content (AvgIpc) is 3.31. The van der Waals surface area contributed by atoms with E-state index in [1.54, 1.807) is 24.3 Å². The van der Waals surface area contributed by atoms with Gasteiger partial charge in [-0.3, -0.25) is 19.3 Å². The molecule has 3 amide bonds. The Morgan fingerprint density at radius 2 is 1.76 bits per heavy atom. The molecule has 2 heterocycles. The minimum absolute atomic E-state index is 0.183. The van der Waals surface area contributed by atoms with E-state index in [0.717, 1.165) is 40.2 Å². The zero-order valence-electron chi connectivity index (χ0n) is 18.7. The van der Waals surface area contributed by atoms with Crippen molar-refractivity contribution in [1.29, 1.82) is 5.26 Å². The van der Waals surface area contributed by atoms with Crippen LogP contribution < -0.4 is 5.32 Å². The molecule has 0 fully saturated rings. The average molecular weight is 470 g/mol. The molecule has 7 heteroatoms. The molecule has 1 aliphatic heterocycles.